The van der Waals surface area contributed by atoms with E-state index in [0.717, 1.165) is 12.8 Å². The lowest BCUT2D eigenvalue weighted by atomic mass is 9.93. The molecule has 0 saturated heterocycles. The lowest BCUT2D eigenvalue weighted by Crippen LogP contribution is -2.46. The van der Waals surface area contributed by atoms with E-state index in [4.69, 9.17) is 32.7 Å². The van der Waals surface area contributed by atoms with Crippen LogP contribution in [0.25, 0.3) is 0 Å². The van der Waals surface area contributed by atoms with Crippen molar-refractivity contribution in [2.75, 3.05) is 7.11 Å². The first-order chi connectivity index (χ1) is 12.8. The molecular formula is C19H24Cl2N2O4. The largest absolute Gasteiger partial charge is 0.494 e. The van der Waals surface area contributed by atoms with E-state index in [0.29, 0.717) is 39.0 Å². The van der Waals surface area contributed by atoms with Crippen LogP contribution in [0, 0.1) is 0 Å². The molecule has 6 nitrogen and oxygen atoms in total. The maximum absolute atomic E-state index is 12.8. The number of carbonyl (C=O) groups is 2. The van der Waals surface area contributed by atoms with Crippen molar-refractivity contribution >= 4 is 35.2 Å². The first-order valence-corrected chi connectivity index (χ1v) is 9.58. The van der Waals surface area contributed by atoms with Crippen LogP contribution in [-0.4, -0.2) is 25.2 Å². The Labute approximate surface area is 169 Å². The van der Waals surface area contributed by atoms with Crippen LogP contribution in [0.2, 0.25) is 10.0 Å². The number of halogens is 2. The van der Waals surface area contributed by atoms with E-state index in [-0.39, 0.29) is 6.10 Å². The lowest BCUT2D eigenvalue weighted by molar-refractivity contribution is -0.143. The van der Waals surface area contributed by atoms with Gasteiger partial charge in [-0.2, -0.15) is 0 Å². The Bertz CT molecular complexity index is 739. The highest BCUT2D eigenvalue weighted by Crippen LogP contribution is 2.38. The zero-order valence-corrected chi connectivity index (χ0v) is 17.3. The number of urea groups is 1. The summed E-state index contributed by atoms with van der Waals surface area (Å²) in [7, 11) is 1.47. The number of amides is 2. The summed E-state index contributed by atoms with van der Waals surface area (Å²) in [5, 5.41) is 6.10. The molecule has 1 heterocycles. The summed E-state index contributed by atoms with van der Waals surface area (Å²) < 4.78 is 10.6. The third-order valence-corrected chi connectivity index (χ3v) is 4.62. The smallest absolute Gasteiger partial charge is 0.338 e. The van der Waals surface area contributed by atoms with Crippen molar-refractivity contribution in [3.63, 3.8) is 0 Å². The van der Waals surface area contributed by atoms with Gasteiger partial charge >= 0.3 is 12.0 Å². The summed E-state index contributed by atoms with van der Waals surface area (Å²) >= 11 is 12.5. The van der Waals surface area contributed by atoms with Crippen LogP contribution in [0.3, 0.4) is 0 Å². The molecule has 2 amide bonds. The molecule has 0 aromatic heterocycles. The topological polar surface area (TPSA) is 76.7 Å². The van der Waals surface area contributed by atoms with Crippen LogP contribution in [0.1, 0.15) is 51.6 Å². The number of benzene rings is 1. The van der Waals surface area contributed by atoms with Gasteiger partial charge in [0.1, 0.15) is 0 Å². The third-order valence-electron chi connectivity index (χ3n) is 4.05. The Morgan fingerprint density at radius 3 is 2.41 bits per heavy atom. The number of nitrogens with one attached hydrogen (secondary N) is 2. The molecule has 8 heteroatoms. The normalized spacial score (nSPS) is 16.9. The van der Waals surface area contributed by atoms with Crippen molar-refractivity contribution < 1.29 is 19.1 Å². The fourth-order valence-electron chi connectivity index (χ4n) is 2.88. The van der Waals surface area contributed by atoms with Gasteiger partial charge in [-0.3, -0.25) is 0 Å². The summed E-state index contributed by atoms with van der Waals surface area (Å²) in [6.07, 6.45) is 2.01. The van der Waals surface area contributed by atoms with Crippen molar-refractivity contribution in [2.24, 2.45) is 0 Å². The van der Waals surface area contributed by atoms with Gasteiger partial charge in [-0.1, -0.05) is 36.5 Å². The Morgan fingerprint density at radius 1 is 1.26 bits per heavy atom. The van der Waals surface area contributed by atoms with Gasteiger partial charge < -0.3 is 20.1 Å². The van der Waals surface area contributed by atoms with Gasteiger partial charge in [0.2, 0.25) is 0 Å². The molecule has 148 valence electrons. The van der Waals surface area contributed by atoms with Crippen molar-refractivity contribution in [2.45, 2.75) is 52.2 Å². The van der Waals surface area contributed by atoms with Crippen molar-refractivity contribution in [1.29, 1.82) is 0 Å². The molecule has 27 heavy (non-hydrogen) atoms. The minimum absolute atomic E-state index is 0.291. The average Bonchev–Trinajstić information content (AvgIpc) is 2.58. The quantitative estimate of drug-likeness (QED) is 0.630. The van der Waals surface area contributed by atoms with E-state index < -0.39 is 18.0 Å². The molecule has 0 radical (unpaired) electrons. The second-order valence-corrected chi connectivity index (χ2v) is 7.31. The van der Waals surface area contributed by atoms with Gasteiger partial charge in [-0.05, 0) is 44.4 Å². The fourth-order valence-corrected chi connectivity index (χ4v) is 3.54. The van der Waals surface area contributed by atoms with Crippen LogP contribution >= 0.6 is 23.2 Å². The Balaban J connectivity index is 2.56. The summed E-state index contributed by atoms with van der Waals surface area (Å²) in [6.45, 7) is 5.58. The number of methoxy groups -OCH3 is 1. The van der Waals surface area contributed by atoms with Gasteiger partial charge in [0.15, 0.2) is 5.75 Å². The molecule has 0 aliphatic carbocycles. The Morgan fingerprint density at radius 2 is 1.89 bits per heavy atom. The van der Waals surface area contributed by atoms with Crippen molar-refractivity contribution in [3.05, 3.63) is 39.0 Å². The number of rotatable bonds is 7. The molecule has 0 bridgehead atoms. The number of hydrogen-bond acceptors (Lipinski definition) is 4. The highest BCUT2D eigenvalue weighted by Gasteiger charge is 2.34. The number of allylic oxidation sites excluding steroid dienone is 1. The number of ether oxygens (including phenoxy) is 2. The monoisotopic (exact) mass is 414 g/mol. The average molecular weight is 415 g/mol. The molecule has 2 rings (SSSR count). The number of carbonyl (C=O) groups excluding carboxylic acids is 2. The van der Waals surface area contributed by atoms with Crippen LogP contribution < -0.4 is 15.4 Å². The summed E-state index contributed by atoms with van der Waals surface area (Å²) in [5.74, 6) is -0.152. The molecule has 0 saturated carbocycles. The summed E-state index contributed by atoms with van der Waals surface area (Å²) in [5.41, 5.74) is 1.48. The zero-order valence-electron chi connectivity index (χ0n) is 15.8. The maximum Gasteiger partial charge on any atom is 0.338 e. The lowest BCUT2D eigenvalue weighted by Gasteiger charge is -2.30. The first-order valence-electron chi connectivity index (χ1n) is 8.82. The molecular weight excluding hydrogens is 391 g/mol. The fraction of sp³-hybridized carbons (Fsp3) is 0.474. The number of hydrogen-bond donors (Lipinski definition) is 2. The minimum atomic E-state index is -0.724. The van der Waals surface area contributed by atoms with E-state index >= 15 is 0 Å². The van der Waals surface area contributed by atoms with E-state index in [1.165, 1.54) is 7.11 Å². The zero-order chi connectivity index (χ0) is 20.1. The summed E-state index contributed by atoms with van der Waals surface area (Å²) in [4.78, 5) is 25.0. The minimum Gasteiger partial charge on any atom is -0.494 e. The molecule has 2 N–H and O–H groups in total. The van der Waals surface area contributed by atoms with Crippen LogP contribution in [-0.2, 0) is 9.53 Å². The Hall–Kier alpha value is -1.92. The van der Waals surface area contributed by atoms with E-state index in [1.54, 1.807) is 26.0 Å². The molecule has 0 fully saturated rings. The highest BCUT2D eigenvalue weighted by atomic mass is 35.5. The molecule has 1 unspecified atom stereocenters. The van der Waals surface area contributed by atoms with Gasteiger partial charge in [0.05, 0.1) is 34.9 Å². The van der Waals surface area contributed by atoms with Crippen LogP contribution in [0.5, 0.6) is 5.75 Å². The number of esters is 1. The number of unbranched alkanes of at least 4 members (excludes halogenated alkanes) is 1. The van der Waals surface area contributed by atoms with Crippen LogP contribution in [0.4, 0.5) is 4.79 Å². The molecule has 1 aromatic rings. The standard InChI is InChI=1S/C19H24Cl2N2O4/c1-5-6-7-14-15(18(24)27-10(2)3)16(23-19(25)22-14)11-8-12(20)17(26-4)13(21)9-11/h8-10,16H,5-7H2,1-4H3,(H2,22,23,25). The molecule has 1 aromatic carbocycles. The van der Waals surface area contributed by atoms with Gasteiger partial charge in [0.25, 0.3) is 0 Å². The predicted molar refractivity (Wildman–Crippen MR) is 105 cm³/mol. The van der Waals surface area contributed by atoms with Gasteiger partial charge in [0, 0.05) is 5.70 Å². The highest BCUT2D eigenvalue weighted by molar-refractivity contribution is 6.37. The molecule has 0 spiro atoms. The molecule has 1 aliphatic heterocycles. The van der Waals surface area contributed by atoms with E-state index in [9.17, 15) is 9.59 Å². The maximum atomic E-state index is 12.8. The SMILES string of the molecule is CCCCC1=C(C(=O)OC(C)C)C(c2cc(Cl)c(OC)c(Cl)c2)NC(=O)N1. The van der Waals surface area contributed by atoms with Crippen LogP contribution in [0.15, 0.2) is 23.4 Å². The van der Waals surface area contributed by atoms with Crippen molar-refractivity contribution in [3.8, 4) is 5.75 Å². The molecule has 1 aliphatic rings. The third kappa shape index (κ3) is 5.08. The van der Waals surface area contributed by atoms with Gasteiger partial charge in [-0.25, -0.2) is 9.59 Å². The van der Waals surface area contributed by atoms with E-state index in [2.05, 4.69) is 10.6 Å². The second-order valence-electron chi connectivity index (χ2n) is 6.50. The molecule has 1 atom stereocenters. The van der Waals surface area contributed by atoms with Gasteiger partial charge in [-0.15, -0.1) is 0 Å². The second kappa shape index (κ2) is 9.33. The van der Waals surface area contributed by atoms with E-state index in [1.807, 2.05) is 6.92 Å². The Kier molecular flexibility index (Phi) is 7.39. The van der Waals surface area contributed by atoms with Crippen molar-refractivity contribution in [1.82, 2.24) is 10.6 Å². The summed E-state index contributed by atoms with van der Waals surface area (Å²) in [6, 6.07) is 2.14. The predicted octanol–water partition coefficient (Wildman–Crippen LogP) is 4.75. The first kappa shape index (κ1) is 21.4.